The molecular formula is C17H19N3O3. The van der Waals surface area contributed by atoms with Crippen molar-refractivity contribution in [2.24, 2.45) is 5.73 Å². The van der Waals surface area contributed by atoms with Gasteiger partial charge >= 0.3 is 0 Å². The van der Waals surface area contributed by atoms with Crippen LogP contribution in [0.2, 0.25) is 0 Å². The fraction of sp³-hybridized carbons (Fsp3) is 0.235. The minimum atomic E-state index is -0.791. The Balaban J connectivity index is 2.32. The fourth-order valence-corrected chi connectivity index (χ4v) is 2.47. The van der Waals surface area contributed by atoms with Gasteiger partial charge in [0, 0.05) is 11.4 Å². The average Bonchev–Trinajstić information content (AvgIpc) is 2.45. The highest BCUT2D eigenvalue weighted by molar-refractivity contribution is 5.94. The highest BCUT2D eigenvalue weighted by atomic mass is 16.2. The zero-order chi connectivity index (χ0) is 17.1. The van der Waals surface area contributed by atoms with Gasteiger partial charge in [0.05, 0.1) is 0 Å². The van der Waals surface area contributed by atoms with E-state index >= 15 is 0 Å². The fourth-order valence-electron chi connectivity index (χ4n) is 2.47. The SMILES string of the molecule is Cc1ccccc1NC(=O)Cn1c(C)cc(C)c(C(N)=O)c1=O. The second kappa shape index (κ2) is 6.48. The normalized spacial score (nSPS) is 10.4. The second-order valence-corrected chi connectivity index (χ2v) is 5.46. The summed E-state index contributed by atoms with van der Waals surface area (Å²) in [5.74, 6) is -1.13. The Morgan fingerprint density at radius 2 is 1.78 bits per heavy atom. The lowest BCUT2D eigenvalue weighted by atomic mass is 10.1. The van der Waals surface area contributed by atoms with E-state index in [-0.39, 0.29) is 18.0 Å². The Hall–Kier alpha value is -2.89. The molecule has 3 N–H and O–H groups in total. The number of aromatic nitrogens is 1. The molecule has 0 spiro atoms. The van der Waals surface area contributed by atoms with E-state index in [9.17, 15) is 14.4 Å². The van der Waals surface area contributed by atoms with E-state index in [0.717, 1.165) is 5.56 Å². The molecule has 6 heteroatoms. The molecule has 23 heavy (non-hydrogen) atoms. The number of carbonyl (C=O) groups excluding carboxylic acids is 2. The Morgan fingerprint density at radius 3 is 2.39 bits per heavy atom. The largest absolute Gasteiger partial charge is 0.365 e. The number of hydrogen-bond acceptors (Lipinski definition) is 3. The first-order chi connectivity index (χ1) is 10.8. The van der Waals surface area contributed by atoms with Gasteiger partial charge in [0.15, 0.2) is 0 Å². The van der Waals surface area contributed by atoms with Crippen LogP contribution in [-0.4, -0.2) is 16.4 Å². The lowest BCUT2D eigenvalue weighted by Crippen LogP contribution is -2.35. The summed E-state index contributed by atoms with van der Waals surface area (Å²) in [6.45, 7) is 5.05. The van der Waals surface area contributed by atoms with E-state index in [0.29, 0.717) is 16.9 Å². The van der Waals surface area contributed by atoms with Crippen molar-refractivity contribution in [1.29, 1.82) is 0 Å². The zero-order valence-corrected chi connectivity index (χ0v) is 13.3. The molecule has 0 saturated heterocycles. The van der Waals surface area contributed by atoms with Crippen LogP contribution in [0.25, 0.3) is 0 Å². The number of carbonyl (C=O) groups is 2. The summed E-state index contributed by atoms with van der Waals surface area (Å²) in [6, 6.07) is 9.02. The predicted octanol–water partition coefficient (Wildman–Crippen LogP) is 1.51. The van der Waals surface area contributed by atoms with Crippen LogP contribution >= 0.6 is 0 Å². The standard InChI is InChI=1S/C17H19N3O3/c1-10-6-4-5-7-13(10)19-14(21)9-20-12(3)8-11(2)15(16(18)22)17(20)23/h4-8H,9H2,1-3H3,(H2,18,22)(H,19,21). The Kier molecular flexibility index (Phi) is 4.64. The predicted molar refractivity (Wildman–Crippen MR) is 88.5 cm³/mol. The summed E-state index contributed by atoms with van der Waals surface area (Å²) in [5.41, 5.74) is 7.34. The summed E-state index contributed by atoms with van der Waals surface area (Å²) in [7, 11) is 0. The lowest BCUT2D eigenvalue weighted by molar-refractivity contribution is -0.116. The number of amides is 2. The third-order valence-electron chi connectivity index (χ3n) is 3.67. The highest BCUT2D eigenvalue weighted by Gasteiger charge is 2.16. The number of aryl methyl sites for hydroxylation is 3. The molecule has 0 aliphatic carbocycles. The molecule has 6 nitrogen and oxygen atoms in total. The molecular weight excluding hydrogens is 294 g/mol. The van der Waals surface area contributed by atoms with Gasteiger partial charge < -0.3 is 15.6 Å². The van der Waals surface area contributed by atoms with Crippen molar-refractivity contribution in [3.63, 3.8) is 0 Å². The number of nitrogens with zero attached hydrogens (tertiary/aromatic N) is 1. The van der Waals surface area contributed by atoms with Crippen LogP contribution in [-0.2, 0) is 11.3 Å². The van der Waals surface area contributed by atoms with Gasteiger partial charge in [-0.1, -0.05) is 18.2 Å². The second-order valence-electron chi connectivity index (χ2n) is 5.46. The summed E-state index contributed by atoms with van der Waals surface area (Å²) in [4.78, 5) is 36.0. The van der Waals surface area contributed by atoms with Gasteiger partial charge in [-0.05, 0) is 44.0 Å². The average molecular weight is 313 g/mol. The van der Waals surface area contributed by atoms with Crippen LogP contribution in [0, 0.1) is 20.8 Å². The van der Waals surface area contributed by atoms with E-state index in [1.54, 1.807) is 26.0 Å². The van der Waals surface area contributed by atoms with Gasteiger partial charge in [-0.15, -0.1) is 0 Å². The number of para-hydroxylation sites is 1. The first-order valence-corrected chi connectivity index (χ1v) is 7.17. The molecule has 1 heterocycles. The number of nitrogens with two attached hydrogens (primary N) is 1. The molecule has 2 rings (SSSR count). The highest BCUT2D eigenvalue weighted by Crippen LogP contribution is 2.13. The van der Waals surface area contributed by atoms with E-state index in [4.69, 9.17) is 5.73 Å². The topological polar surface area (TPSA) is 94.2 Å². The van der Waals surface area contributed by atoms with E-state index in [2.05, 4.69) is 5.32 Å². The Morgan fingerprint density at radius 1 is 1.13 bits per heavy atom. The minimum absolute atomic E-state index is 0.0840. The summed E-state index contributed by atoms with van der Waals surface area (Å²) >= 11 is 0. The number of pyridine rings is 1. The maximum Gasteiger partial charge on any atom is 0.264 e. The summed E-state index contributed by atoms with van der Waals surface area (Å²) in [5, 5.41) is 2.76. The van der Waals surface area contributed by atoms with E-state index in [1.807, 2.05) is 25.1 Å². The molecule has 1 aromatic carbocycles. The number of rotatable bonds is 4. The molecule has 0 fully saturated rings. The van der Waals surface area contributed by atoms with Crippen LogP contribution in [0.4, 0.5) is 5.69 Å². The molecule has 2 amide bonds. The molecule has 2 aromatic rings. The smallest absolute Gasteiger partial charge is 0.264 e. The van der Waals surface area contributed by atoms with Crippen molar-refractivity contribution in [3.05, 3.63) is 63.1 Å². The first kappa shape index (κ1) is 16.5. The molecule has 0 aliphatic rings. The Labute approximate surface area is 133 Å². The third kappa shape index (κ3) is 3.48. The van der Waals surface area contributed by atoms with Gasteiger partial charge in [-0.25, -0.2) is 0 Å². The van der Waals surface area contributed by atoms with Crippen molar-refractivity contribution < 1.29 is 9.59 Å². The number of nitrogens with one attached hydrogen (secondary N) is 1. The lowest BCUT2D eigenvalue weighted by Gasteiger charge is -2.14. The number of hydrogen-bond donors (Lipinski definition) is 2. The Bertz CT molecular complexity index is 837. The number of primary amides is 1. The van der Waals surface area contributed by atoms with Crippen LogP contribution in [0.15, 0.2) is 35.1 Å². The van der Waals surface area contributed by atoms with Gasteiger partial charge in [0.2, 0.25) is 5.91 Å². The molecule has 0 unspecified atom stereocenters. The van der Waals surface area contributed by atoms with Gasteiger partial charge in [0.25, 0.3) is 11.5 Å². The number of anilines is 1. The molecule has 120 valence electrons. The van der Waals surface area contributed by atoms with Gasteiger partial charge in [-0.3, -0.25) is 14.4 Å². The van der Waals surface area contributed by atoms with Gasteiger partial charge in [0.1, 0.15) is 12.1 Å². The third-order valence-corrected chi connectivity index (χ3v) is 3.67. The molecule has 0 radical (unpaired) electrons. The van der Waals surface area contributed by atoms with Crippen molar-refractivity contribution >= 4 is 17.5 Å². The van der Waals surface area contributed by atoms with Crippen molar-refractivity contribution in [1.82, 2.24) is 4.57 Å². The maximum atomic E-state index is 12.4. The van der Waals surface area contributed by atoms with Crippen molar-refractivity contribution in [2.45, 2.75) is 27.3 Å². The van der Waals surface area contributed by atoms with Crippen molar-refractivity contribution in [3.8, 4) is 0 Å². The van der Waals surface area contributed by atoms with Crippen LogP contribution in [0.1, 0.15) is 27.2 Å². The molecule has 0 bridgehead atoms. The van der Waals surface area contributed by atoms with Crippen LogP contribution in [0.5, 0.6) is 0 Å². The quantitative estimate of drug-likeness (QED) is 0.896. The zero-order valence-electron chi connectivity index (χ0n) is 13.3. The van der Waals surface area contributed by atoms with Crippen molar-refractivity contribution in [2.75, 3.05) is 5.32 Å². The molecule has 0 saturated carbocycles. The molecule has 1 aromatic heterocycles. The molecule has 0 aliphatic heterocycles. The number of benzene rings is 1. The molecule has 0 atom stereocenters. The first-order valence-electron chi connectivity index (χ1n) is 7.17. The summed E-state index contributed by atoms with van der Waals surface area (Å²) < 4.78 is 1.25. The van der Waals surface area contributed by atoms with Crippen LogP contribution in [0.3, 0.4) is 0 Å². The summed E-state index contributed by atoms with van der Waals surface area (Å²) in [6.07, 6.45) is 0. The monoisotopic (exact) mass is 313 g/mol. The van der Waals surface area contributed by atoms with Gasteiger partial charge in [-0.2, -0.15) is 0 Å². The van der Waals surface area contributed by atoms with E-state index in [1.165, 1.54) is 4.57 Å². The van der Waals surface area contributed by atoms with E-state index < -0.39 is 11.5 Å². The maximum absolute atomic E-state index is 12.4. The van der Waals surface area contributed by atoms with Crippen LogP contribution < -0.4 is 16.6 Å². The minimum Gasteiger partial charge on any atom is -0.365 e.